The highest BCUT2D eigenvalue weighted by molar-refractivity contribution is 7.13. The molecule has 84 valence electrons. The average molecular weight is 237 g/mol. The van der Waals surface area contributed by atoms with Gasteiger partial charge in [0.15, 0.2) is 5.13 Å². The Kier molecular flexibility index (Phi) is 3.21. The first-order chi connectivity index (χ1) is 7.74. The lowest BCUT2D eigenvalue weighted by molar-refractivity contribution is -0.120. The number of anilines is 1. The second kappa shape index (κ2) is 4.80. The molecule has 5 nitrogen and oxygen atoms in total. The Hall–Kier alpha value is -1.82. The Balaban J connectivity index is 1.81. The molecule has 0 fully saturated rings. The van der Waals surface area contributed by atoms with Crippen molar-refractivity contribution in [2.75, 3.05) is 5.73 Å². The minimum atomic E-state index is -0.0773. The topological polar surface area (TPSA) is 81.1 Å². The normalized spacial score (nSPS) is 10.2. The van der Waals surface area contributed by atoms with Gasteiger partial charge in [-0.05, 0) is 6.07 Å². The Labute approximate surface area is 96.3 Å². The number of amides is 1. The zero-order chi connectivity index (χ0) is 11.4. The highest BCUT2D eigenvalue weighted by atomic mass is 32.1. The summed E-state index contributed by atoms with van der Waals surface area (Å²) in [5.74, 6) is -0.0773. The van der Waals surface area contributed by atoms with Crippen molar-refractivity contribution in [2.24, 2.45) is 0 Å². The van der Waals surface area contributed by atoms with Crippen molar-refractivity contribution >= 4 is 22.4 Å². The fraction of sp³-hybridized carbons (Fsp3) is 0.200. The molecule has 0 aromatic carbocycles. The first-order valence-electron chi connectivity index (χ1n) is 4.71. The van der Waals surface area contributed by atoms with Crippen LogP contribution in [0.3, 0.4) is 0 Å². The van der Waals surface area contributed by atoms with Crippen molar-refractivity contribution in [1.82, 2.24) is 10.3 Å². The monoisotopic (exact) mass is 237 g/mol. The summed E-state index contributed by atoms with van der Waals surface area (Å²) in [6.45, 7) is 0.467. The summed E-state index contributed by atoms with van der Waals surface area (Å²) in [6.07, 6.45) is 3.43. The van der Waals surface area contributed by atoms with Gasteiger partial charge < -0.3 is 15.5 Å². The van der Waals surface area contributed by atoms with E-state index < -0.39 is 0 Å². The van der Waals surface area contributed by atoms with Gasteiger partial charge in [-0.3, -0.25) is 4.79 Å². The van der Waals surface area contributed by atoms with Gasteiger partial charge in [0.25, 0.3) is 0 Å². The number of furan rings is 1. The van der Waals surface area contributed by atoms with E-state index in [1.165, 1.54) is 11.3 Å². The number of nitrogens with one attached hydrogen (secondary N) is 1. The molecule has 0 radical (unpaired) electrons. The molecule has 0 saturated carbocycles. The van der Waals surface area contributed by atoms with Gasteiger partial charge in [0, 0.05) is 17.5 Å². The van der Waals surface area contributed by atoms with E-state index >= 15 is 0 Å². The van der Waals surface area contributed by atoms with E-state index in [0.29, 0.717) is 17.4 Å². The molecule has 0 aliphatic rings. The van der Waals surface area contributed by atoms with Gasteiger partial charge in [-0.15, -0.1) is 11.3 Å². The number of hydrogen-bond donors (Lipinski definition) is 2. The molecule has 0 aliphatic heterocycles. The smallest absolute Gasteiger partial charge is 0.226 e. The van der Waals surface area contributed by atoms with Gasteiger partial charge in [0.2, 0.25) is 5.91 Å². The molecule has 0 bridgehead atoms. The van der Waals surface area contributed by atoms with Gasteiger partial charge in [0.05, 0.1) is 24.6 Å². The van der Waals surface area contributed by atoms with Crippen molar-refractivity contribution in [3.63, 3.8) is 0 Å². The molecule has 16 heavy (non-hydrogen) atoms. The zero-order valence-electron chi connectivity index (χ0n) is 8.47. The lowest BCUT2D eigenvalue weighted by Gasteiger charge is -2.01. The van der Waals surface area contributed by atoms with Gasteiger partial charge >= 0.3 is 0 Å². The molecule has 0 unspecified atom stereocenters. The standard InChI is InChI=1S/C10H11N3O2S/c11-10-13-8(6-16-10)3-9(14)12-4-7-1-2-15-5-7/h1-2,5-6H,3-4H2,(H2,11,13)(H,12,14). The van der Waals surface area contributed by atoms with E-state index in [2.05, 4.69) is 10.3 Å². The Bertz CT molecular complexity index is 464. The van der Waals surface area contributed by atoms with E-state index in [1.54, 1.807) is 24.0 Å². The molecule has 2 aromatic heterocycles. The second-order valence-corrected chi connectivity index (χ2v) is 4.15. The van der Waals surface area contributed by atoms with Crippen LogP contribution in [-0.2, 0) is 17.8 Å². The molecular weight excluding hydrogens is 226 g/mol. The number of carbonyl (C=O) groups excluding carboxylic acids is 1. The molecule has 1 amide bonds. The van der Waals surface area contributed by atoms with Gasteiger partial charge in [-0.25, -0.2) is 4.98 Å². The molecule has 2 rings (SSSR count). The predicted octanol–water partition coefficient (Wildman–Crippen LogP) is 1.18. The first kappa shape index (κ1) is 10.7. The highest BCUT2D eigenvalue weighted by Crippen LogP contribution is 2.11. The van der Waals surface area contributed by atoms with Crippen molar-refractivity contribution in [3.8, 4) is 0 Å². The Morgan fingerprint density at radius 3 is 3.12 bits per heavy atom. The third-order valence-electron chi connectivity index (χ3n) is 1.98. The lowest BCUT2D eigenvalue weighted by atomic mass is 10.3. The van der Waals surface area contributed by atoms with E-state index in [9.17, 15) is 4.79 Å². The highest BCUT2D eigenvalue weighted by Gasteiger charge is 2.06. The maximum atomic E-state index is 11.5. The van der Waals surface area contributed by atoms with Crippen LogP contribution in [0.5, 0.6) is 0 Å². The zero-order valence-corrected chi connectivity index (χ0v) is 9.29. The van der Waals surface area contributed by atoms with Crippen LogP contribution in [0.25, 0.3) is 0 Å². The van der Waals surface area contributed by atoms with Crippen LogP contribution >= 0.6 is 11.3 Å². The van der Waals surface area contributed by atoms with Crippen LogP contribution in [0.4, 0.5) is 5.13 Å². The fourth-order valence-electron chi connectivity index (χ4n) is 1.22. The fourth-order valence-corrected chi connectivity index (χ4v) is 1.79. The van der Waals surface area contributed by atoms with Crippen LogP contribution in [-0.4, -0.2) is 10.9 Å². The van der Waals surface area contributed by atoms with E-state index in [0.717, 1.165) is 5.56 Å². The van der Waals surface area contributed by atoms with Gasteiger partial charge in [-0.2, -0.15) is 0 Å². The first-order valence-corrected chi connectivity index (χ1v) is 5.59. The summed E-state index contributed by atoms with van der Waals surface area (Å²) < 4.78 is 4.89. The molecule has 2 aromatic rings. The van der Waals surface area contributed by atoms with Crippen LogP contribution in [0.1, 0.15) is 11.3 Å². The number of nitrogens with zero attached hydrogens (tertiary/aromatic N) is 1. The van der Waals surface area contributed by atoms with E-state index in [1.807, 2.05) is 0 Å². The van der Waals surface area contributed by atoms with Crippen LogP contribution in [0.15, 0.2) is 28.4 Å². The number of thiazole rings is 1. The lowest BCUT2D eigenvalue weighted by Crippen LogP contribution is -2.24. The van der Waals surface area contributed by atoms with E-state index in [-0.39, 0.29) is 12.3 Å². The number of hydrogen-bond acceptors (Lipinski definition) is 5. The number of rotatable bonds is 4. The largest absolute Gasteiger partial charge is 0.472 e. The molecule has 0 saturated heterocycles. The minimum Gasteiger partial charge on any atom is -0.472 e. The van der Waals surface area contributed by atoms with Crippen molar-refractivity contribution < 1.29 is 9.21 Å². The SMILES string of the molecule is Nc1nc(CC(=O)NCc2ccoc2)cs1. The number of aromatic nitrogens is 1. The summed E-state index contributed by atoms with van der Waals surface area (Å²) in [6, 6.07) is 1.81. The summed E-state index contributed by atoms with van der Waals surface area (Å²) in [4.78, 5) is 15.5. The third kappa shape index (κ3) is 2.83. The Morgan fingerprint density at radius 2 is 2.50 bits per heavy atom. The summed E-state index contributed by atoms with van der Waals surface area (Å²) in [5.41, 5.74) is 7.11. The van der Waals surface area contributed by atoms with Crippen LogP contribution in [0, 0.1) is 0 Å². The molecule has 6 heteroatoms. The summed E-state index contributed by atoms with van der Waals surface area (Å²) in [5, 5.41) is 5.04. The average Bonchev–Trinajstić information content (AvgIpc) is 2.87. The molecule has 0 spiro atoms. The van der Waals surface area contributed by atoms with Crippen molar-refractivity contribution in [3.05, 3.63) is 35.2 Å². The maximum absolute atomic E-state index is 11.5. The third-order valence-corrected chi connectivity index (χ3v) is 2.70. The second-order valence-electron chi connectivity index (χ2n) is 3.26. The summed E-state index contributed by atoms with van der Waals surface area (Å²) >= 11 is 1.33. The van der Waals surface area contributed by atoms with Crippen molar-refractivity contribution in [2.45, 2.75) is 13.0 Å². The van der Waals surface area contributed by atoms with Crippen molar-refractivity contribution in [1.29, 1.82) is 0 Å². The van der Waals surface area contributed by atoms with Crippen LogP contribution < -0.4 is 11.1 Å². The molecule has 0 atom stereocenters. The van der Waals surface area contributed by atoms with Gasteiger partial charge in [0.1, 0.15) is 0 Å². The molecular formula is C10H11N3O2S. The number of nitrogens with two attached hydrogens (primary N) is 1. The minimum absolute atomic E-state index is 0.0773. The predicted molar refractivity (Wildman–Crippen MR) is 60.8 cm³/mol. The van der Waals surface area contributed by atoms with Gasteiger partial charge in [-0.1, -0.05) is 0 Å². The molecule has 2 heterocycles. The van der Waals surface area contributed by atoms with E-state index in [4.69, 9.17) is 10.2 Å². The summed E-state index contributed by atoms with van der Waals surface area (Å²) in [7, 11) is 0. The Morgan fingerprint density at radius 1 is 1.62 bits per heavy atom. The number of nitrogen functional groups attached to an aromatic ring is 1. The van der Waals surface area contributed by atoms with Crippen LogP contribution in [0.2, 0.25) is 0 Å². The quantitative estimate of drug-likeness (QED) is 0.836. The number of carbonyl (C=O) groups is 1. The molecule has 0 aliphatic carbocycles. The molecule has 3 N–H and O–H groups in total. The maximum Gasteiger partial charge on any atom is 0.226 e.